The monoisotopic (exact) mass is 356 g/mol. The second-order valence-electron chi connectivity index (χ2n) is 5.89. The molecule has 0 aliphatic carbocycles. The number of rotatable bonds is 5. The molecule has 0 aliphatic heterocycles. The summed E-state index contributed by atoms with van der Waals surface area (Å²) in [5.74, 6) is 0.758. The minimum atomic E-state index is -0.199. The summed E-state index contributed by atoms with van der Waals surface area (Å²) < 4.78 is 7.47. The van der Waals surface area contributed by atoms with Gasteiger partial charge in [-0.3, -0.25) is 9.36 Å². The van der Waals surface area contributed by atoms with E-state index in [0.29, 0.717) is 28.4 Å². The molecule has 130 valence electrons. The molecule has 0 amide bonds. The van der Waals surface area contributed by atoms with Gasteiger partial charge in [0.25, 0.3) is 5.56 Å². The predicted molar refractivity (Wildman–Crippen MR) is 101 cm³/mol. The van der Waals surface area contributed by atoms with E-state index in [1.54, 1.807) is 10.8 Å². The molecule has 25 heavy (non-hydrogen) atoms. The van der Waals surface area contributed by atoms with Crippen molar-refractivity contribution in [1.82, 2.24) is 14.5 Å². The van der Waals surface area contributed by atoms with E-state index in [1.807, 2.05) is 44.4 Å². The van der Waals surface area contributed by atoms with Crippen LogP contribution in [0.3, 0.4) is 0 Å². The van der Waals surface area contributed by atoms with Crippen LogP contribution in [0.5, 0.6) is 5.75 Å². The van der Waals surface area contributed by atoms with E-state index in [1.165, 1.54) is 17.8 Å². The van der Waals surface area contributed by atoms with Gasteiger partial charge in [-0.2, -0.15) is 0 Å². The van der Waals surface area contributed by atoms with E-state index < -0.39 is 0 Å². The van der Waals surface area contributed by atoms with Crippen molar-refractivity contribution in [3.05, 3.63) is 52.4 Å². The molecule has 2 N–H and O–H groups in total. The van der Waals surface area contributed by atoms with E-state index in [9.17, 15) is 4.79 Å². The number of thioether (sulfide) groups is 1. The van der Waals surface area contributed by atoms with Crippen LogP contribution in [-0.2, 0) is 6.54 Å². The number of hydrogen-bond acceptors (Lipinski definition) is 6. The number of nitrogen functional groups attached to an aromatic ring is 1. The molecule has 0 aliphatic rings. The highest BCUT2D eigenvalue weighted by Crippen LogP contribution is 2.23. The zero-order chi connectivity index (χ0) is 18.0. The highest BCUT2D eigenvalue weighted by atomic mass is 32.2. The van der Waals surface area contributed by atoms with Gasteiger partial charge >= 0.3 is 0 Å². The summed E-state index contributed by atoms with van der Waals surface area (Å²) in [7, 11) is 0. The summed E-state index contributed by atoms with van der Waals surface area (Å²) in [5, 5.41) is 1.26. The fraction of sp³-hybridized carbons (Fsp3) is 0.278. The van der Waals surface area contributed by atoms with Gasteiger partial charge in [0.2, 0.25) is 0 Å². The van der Waals surface area contributed by atoms with Gasteiger partial charge in [0.15, 0.2) is 5.16 Å². The number of nitrogens with two attached hydrogens (primary N) is 1. The summed E-state index contributed by atoms with van der Waals surface area (Å²) in [5.41, 5.74) is 7.61. The van der Waals surface area contributed by atoms with Gasteiger partial charge in [-0.25, -0.2) is 9.97 Å². The number of nitrogens with zero attached hydrogens (tertiary/aromatic N) is 3. The zero-order valence-corrected chi connectivity index (χ0v) is 15.2. The van der Waals surface area contributed by atoms with Crippen molar-refractivity contribution in [2.45, 2.75) is 31.7 Å². The number of hydrogen-bond donors (Lipinski definition) is 1. The lowest BCUT2D eigenvalue weighted by molar-refractivity contribution is 0.239. The Morgan fingerprint density at radius 3 is 2.80 bits per heavy atom. The maximum absolute atomic E-state index is 12.6. The predicted octanol–water partition coefficient (Wildman–Crippen LogP) is 2.93. The molecule has 6 nitrogen and oxygen atoms in total. The van der Waals surface area contributed by atoms with Crippen LogP contribution in [0.15, 0.2) is 46.5 Å². The van der Waals surface area contributed by atoms with Gasteiger partial charge < -0.3 is 10.5 Å². The Morgan fingerprint density at radius 1 is 1.32 bits per heavy atom. The molecule has 1 aromatic carbocycles. The van der Waals surface area contributed by atoms with E-state index in [2.05, 4.69) is 9.97 Å². The SMILES string of the molecule is CSc1ncc2c(N)cc(=O)n(Cc3ccccc3OC(C)C)c2n1. The molecule has 0 fully saturated rings. The molecule has 2 heterocycles. The minimum absolute atomic E-state index is 0.0476. The largest absolute Gasteiger partial charge is 0.491 e. The Labute approximate surface area is 150 Å². The molecule has 0 saturated carbocycles. The van der Waals surface area contributed by atoms with E-state index in [-0.39, 0.29) is 11.7 Å². The van der Waals surface area contributed by atoms with Crippen molar-refractivity contribution in [2.75, 3.05) is 12.0 Å². The number of anilines is 1. The maximum atomic E-state index is 12.6. The number of para-hydroxylation sites is 1. The van der Waals surface area contributed by atoms with Crippen molar-refractivity contribution in [3.63, 3.8) is 0 Å². The van der Waals surface area contributed by atoms with E-state index in [4.69, 9.17) is 10.5 Å². The number of ether oxygens (including phenoxy) is 1. The van der Waals surface area contributed by atoms with Crippen molar-refractivity contribution >= 4 is 28.5 Å². The van der Waals surface area contributed by atoms with Crippen LogP contribution in [0.25, 0.3) is 11.0 Å². The van der Waals surface area contributed by atoms with Gasteiger partial charge in [-0.05, 0) is 26.2 Å². The standard InChI is InChI=1S/C18H20N4O2S/c1-11(2)24-15-7-5-4-6-12(15)10-22-16(23)8-14(19)13-9-20-18(25-3)21-17(13)22/h4-9,11H,10,19H2,1-3H3. The van der Waals surface area contributed by atoms with Crippen LogP contribution < -0.4 is 16.0 Å². The van der Waals surface area contributed by atoms with Crippen LogP contribution in [0, 0.1) is 0 Å². The average molecular weight is 356 g/mol. The van der Waals surface area contributed by atoms with E-state index >= 15 is 0 Å². The first-order valence-corrected chi connectivity index (χ1v) is 9.16. The van der Waals surface area contributed by atoms with Crippen LogP contribution in [0.1, 0.15) is 19.4 Å². The van der Waals surface area contributed by atoms with Gasteiger partial charge in [-0.1, -0.05) is 30.0 Å². The minimum Gasteiger partial charge on any atom is -0.491 e. The lowest BCUT2D eigenvalue weighted by Gasteiger charge is -2.16. The molecule has 2 aromatic heterocycles. The molecule has 0 radical (unpaired) electrons. The number of fused-ring (bicyclic) bond motifs is 1. The first-order chi connectivity index (χ1) is 12.0. The van der Waals surface area contributed by atoms with Gasteiger partial charge in [-0.15, -0.1) is 0 Å². The van der Waals surface area contributed by atoms with Gasteiger partial charge in [0.1, 0.15) is 11.4 Å². The second kappa shape index (κ2) is 7.14. The summed E-state index contributed by atoms with van der Waals surface area (Å²) in [6, 6.07) is 9.11. The Bertz CT molecular complexity index is 969. The molecular weight excluding hydrogens is 336 g/mol. The lowest BCUT2D eigenvalue weighted by Crippen LogP contribution is -2.23. The number of pyridine rings is 1. The van der Waals surface area contributed by atoms with Crippen molar-refractivity contribution in [2.24, 2.45) is 0 Å². The fourth-order valence-electron chi connectivity index (χ4n) is 2.58. The summed E-state index contributed by atoms with van der Waals surface area (Å²) >= 11 is 1.42. The molecule has 3 rings (SSSR count). The quantitative estimate of drug-likeness (QED) is 0.559. The first kappa shape index (κ1) is 17.3. The Morgan fingerprint density at radius 2 is 2.08 bits per heavy atom. The Balaban J connectivity index is 2.15. The third kappa shape index (κ3) is 3.61. The Hall–Kier alpha value is -2.54. The molecular formula is C18H20N4O2S. The molecule has 0 atom stereocenters. The average Bonchev–Trinajstić information content (AvgIpc) is 2.59. The van der Waals surface area contributed by atoms with Crippen molar-refractivity contribution in [3.8, 4) is 5.75 Å². The van der Waals surface area contributed by atoms with Crippen molar-refractivity contribution < 1.29 is 4.74 Å². The highest BCUT2D eigenvalue weighted by Gasteiger charge is 2.13. The zero-order valence-electron chi connectivity index (χ0n) is 14.4. The summed E-state index contributed by atoms with van der Waals surface area (Å²) in [6.45, 7) is 4.29. The maximum Gasteiger partial charge on any atom is 0.254 e. The van der Waals surface area contributed by atoms with Crippen LogP contribution in [-0.4, -0.2) is 26.9 Å². The summed E-state index contributed by atoms with van der Waals surface area (Å²) in [6.07, 6.45) is 3.60. The number of benzene rings is 1. The number of aromatic nitrogens is 3. The molecule has 3 aromatic rings. The molecule has 0 saturated heterocycles. The molecule has 7 heteroatoms. The third-order valence-electron chi connectivity index (χ3n) is 3.70. The molecule has 0 spiro atoms. The van der Waals surface area contributed by atoms with E-state index in [0.717, 1.165) is 11.3 Å². The van der Waals surface area contributed by atoms with Gasteiger partial charge in [0.05, 0.1) is 18.0 Å². The first-order valence-electron chi connectivity index (χ1n) is 7.94. The Kier molecular flexibility index (Phi) is 4.94. The second-order valence-corrected chi connectivity index (χ2v) is 6.67. The van der Waals surface area contributed by atoms with Crippen LogP contribution in [0.4, 0.5) is 5.69 Å². The smallest absolute Gasteiger partial charge is 0.254 e. The summed E-state index contributed by atoms with van der Waals surface area (Å²) in [4.78, 5) is 21.3. The normalized spacial score (nSPS) is 11.2. The topological polar surface area (TPSA) is 83.0 Å². The third-order valence-corrected chi connectivity index (χ3v) is 4.27. The van der Waals surface area contributed by atoms with Crippen LogP contribution in [0.2, 0.25) is 0 Å². The van der Waals surface area contributed by atoms with Gasteiger partial charge in [0, 0.05) is 23.5 Å². The molecule has 0 unspecified atom stereocenters. The lowest BCUT2D eigenvalue weighted by atomic mass is 10.2. The van der Waals surface area contributed by atoms with Crippen molar-refractivity contribution in [1.29, 1.82) is 0 Å². The highest BCUT2D eigenvalue weighted by molar-refractivity contribution is 7.98. The fourth-order valence-corrected chi connectivity index (χ4v) is 2.92. The molecule has 0 bridgehead atoms. The van der Waals surface area contributed by atoms with Crippen LogP contribution >= 0.6 is 11.8 Å².